The summed E-state index contributed by atoms with van der Waals surface area (Å²) in [6, 6.07) is 6.01. The summed E-state index contributed by atoms with van der Waals surface area (Å²) in [5.74, 6) is 1.91. The number of nitriles is 1. The van der Waals surface area contributed by atoms with Crippen LogP contribution in [0.3, 0.4) is 0 Å². The van der Waals surface area contributed by atoms with Crippen LogP contribution in [0.15, 0.2) is 18.3 Å². The minimum absolute atomic E-state index is 0.0306. The summed E-state index contributed by atoms with van der Waals surface area (Å²) in [5, 5.41) is 9.11. The van der Waals surface area contributed by atoms with Gasteiger partial charge in [-0.15, -0.1) is 0 Å². The lowest BCUT2D eigenvalue weighted by Gasteiger charge is -2.26. The van der Waals surface area contributed by atoms with Gasteiger partial charge in [-0.05, 0) is 36.8 Å². The van der Waals surface area contributed by atoms with Crippen molar-refractivity contribution in [3.8, 4) is 6.07 Å². The second-order valence-electron chi connectivity index (χ2n) is 13.4. The first-order valence-corrected chi connectivity index (χ1v) is 15.4. The number of ketones is 1. The van der Waals surface area contributed by atoms with Gasteiger partial charge < -0.3 is 4.40 Å². The lowest BCUT2D eigenvalue weighted by Crippen LogP contribution is -2.30. The van der Waals surface area contributed by atoms with Crippen LogP contribution in [0.25, 0.3) is 5.65 Å². The van der Waals surface area contributed by atoms with Crippen LogP contribution in [0.1, 0.15) is 129 Å². The largest absolute Gasteiger partial charge is 0.304 e. The van der Waals surface area contributed by atoms with Crippen molar-refractivity contribution in [2.45, 2.75) is 129 Å². The maximum Gasteiger partial charge on any atom is 0.151 e. The van der Waals surface area contributed by atoms with E-state index in [1.54, 1.807) is 0 Å². The van der Waals surface area contributed by atoms with Gasteiger partial charge in [0.1, 0.15) is 5.65 Å². The smallest absolute Gasteiger partial charge is 0.151 e. The minimum Gasteiger partial charge on any atom is -0.304 e. The molecule has 4 rings (SSSR count). The van der Waals surface area contributed by atoms with Gasteiger partial charge in [-0.25, -0.2) is 4.98 Å². The van der Waals surface area contributed by atoms with E-state index in [1.807, 2.05) is 39.1 Å². The summed E-state index contributed by atoms with van der Waals surface area (Å²) in [7, 11) is 0. The molecule has 1 atom stereocenters. The van der Waals surface area contributed by atoms with Crippen LogP contribution in [0.2, 0.25) is 0 Å². The van der Waals surface area contributed by atoms with Gasteiger partial charge in [-0.1, -0.05) is 122 Å². The molecule has 2 aromatic heterocycles. The highest BCUT2D eigenvalue weighted by Crippen LogP contribution is 2.33. The van der Waals surface area contributed by atoms with E-state index < -0.39 is 0 Å². The summed E-state index contributed by atoms with van der Waals surface area (Å²) >= 11 is 3.57. The first kappa shape index (κ1) is 29.9. The number of fused-ring (bicyclic) bond motifs is 1. The third kappa shape index (κ3) is 8.41. The molecule has 2 heterocycles. The van der Waals surface area contributed by atoms with Crippen LogP contribution in [0.5, 0.6) is 0 Å². The van der Waals surface area contributed by atoms with Crippen LogP contribution < -0.4 is 0 Å². The number of halogens is 1. The van der Waals surface area contributed by atoms with Gasteiger partial charge >= 0.3 is 0 Å². The van der Waals surface area contributed by atoms with Crippen molar-refractivity contribution in [1.29, 1.82) is 5.26 Å². The fourth-order valence-electron chi connectivity index (χ4n) is 5.92. The van der Waals surface area contributed by atoms with Crippen molar-refractivity contribution in [3.63, 3.8) is 0 Å². The standard InChI is InChI=1S/C19H25N3.C13H23BrO/c1-19(2,3)18-16(11-14-7-5-4-6-8-14)22-10-9-15(13-20)12-17(22)21-18;1-13(2,3)12(15)11(14)9-10-7-5-4-6-8-10/h9-10,12,14H,4-8,11H2,1-3H3;10-11H,4-9H2,1-3H3. The first-order chi connectivity index (χ1) is 17.4. The number of rotatable bonds is 5. The summed E-state index contributed by atoms with van der Waals surface area (Å²) < 4.78 is 2.20. The van der Waals surface area contributed by atoms with Crippen LogP contribution in [0, 0.1) is 28.6 Å². The second kappa shape index (κ2) is 12.9. The fraction of sp³-hybridized carbons (Fsp3) is 0.719. The molecule has 5 heteroatoms. The number of hydrogen-bond donors (Lipinski definition) is 0. The van der Waals surface area contributed by atoms with Crippen LogP contribution in [0.4, 0.5) is 0 Å². The van der Waals surface area contributed by atoms with E-state index in [2.05, 4.69) is 47.2 Å². The minimum atomic E-state index is -0.206. The number of carbonyl (C=O) groups excluding carboxylic acids is 1. The molecule has 2 saturated carbocycles. The summed E-state index contributed by atoms with van der Waals surface area (Å²) in [6.07, 6.45) is 17.7. The van der Waals surface area contributed by atoms with E-state index in [0.717, 1.165) is 30.3 Å². The molecule has 0 bridgehead atoms. The maximum absolute atomic E-state index is 12.0. The Labute approximate surface area is 233 Å². The Balaban J connectivity index is 0.000000222. The van der Waals surface area contributed by atoms with E-state index in [9.17, 15) is 4.79 Å². The van der Waals surface area contributed by atoms with E-state index in [1.165, 1.54) is 75.6 Å². The summed E-state index contributed by atoms with van der Waals surface area (Å²) in [5.41, 5.74) is 3.95. The summed E-state index contributed by atoms with van der Waals surface area (Å²) in [4.78, 5) is 16.9. The Morgan fingerprint density at radius 2 is 1.59 bits per heavy atom. The van der Waals surface area contributed by atoms with E-state index >= 15 is 0 Å². The molecule has 2 aromatic rings. The number of alkyl halides is 1. The number of hydrogen-bond acceptors (Lipinski definition) is 3. The molecule has 4 nitrogen and oxygen atoms in total. The molecule has 1 unspecified atom stereocenters. The van der Waals surface area contributed by atoms with Gasteiger partial charge in [0.25, 0.3) is 0 Å². The molecule has 0 aliphatic heterocycles. The first-order valence-electron chi connectivity index (χ1n) is 14.5. The van der Waals surface area contributed by atoms with Gasteiger partial charge in [0, 0.05) is 22.7 Å². The number of Topliss-reactive ketones (excluding diaryl/α,β-unsaturated/α-hetero) is 1. The Morgan fingerprint density at radius 1 is 1.03 bits per heavy atom. The lowest BCUT2D eigenvalue weighted by molar-refractivity contribution is -0.125. The predicted octanol–water partition coefficient (Wildman–Crippen LogP) is 8.96. The third-order valence-electron chi connectivity index (χ3n) is 8.06. The van der Waals surface area contributed by atoms with Gasteiger partial charge in [0.05, 0.1) is 22.2 Å². The molecular formula is C32H48BrN3O. The van der Waals surface area contributed by atoms with Gasteiger partial charge in [0.2, 0.25) is 0 Å². The molecule has 0 spiro atoms. The normalized spacial score (nSPS) is 18.6. The number of imidazole rings is 1. The van der Waals surface area contributed by atoms with Gasteiger partial charge in [-0.3, -0.25) is 4.79 Å². The number of nitrogens with zero attached hydrogens (tertiary/aromatic N) is 3. The molecule has 0 N–H and O–H groups in total. The Kier molecular flexibility index (Phi) is 10.4. The quantitative estimate of drug-likeness (QED) is 0.337. The molecule has 2 aliphatic carbocycles. The Hall–Kier alpha value is -1.67. The number of carbonyl (C=O) groups is 1. The maximum atomic E-state index is 12.0. The van der Waals surface area contributed by atoms with Crippen molar-refractivity contribution < 1.29 is 4.79 Å². The van der Waals surface area contributed by atoms with Crippen molar-refractivity contribution >= 4 is 27.4 Å². The van der Waals surface area contributed by atoms with E-state index in [-0.39, 0.29) is 15.7 Å². The van der Waals surface area contributed by atoms with Crippen LogP contribution in [-0.4, -0.2) is 20.0 Å². The van der Waals surface area contributed by atoms with Crippen molar-refractivity contribution in [2.24, 2.45) is 17.3 Å². The van der Waals surface area contributed by atoms with Crippen LogP contribution >= 0.6 is 15.9 Å². The van der Waals surface area contributed by atoms with Crippen molar-refractivity contribution in [1.82, 2.24) is 9.38 Å². The lowest BCUT2D eigenvalue weighted by atomic mass is 9.82. The molecule has 0 radical (unpaired) electrons. The van der Waals surface area contributed by atoms with Crippen LogP contribution in [-0.2, 0) is 16.6 Å². The van der Waals surface area contributed by atoms with Gasteiger partial charge in [-0.2, -0.15) is 5.26 Å². The molecule has 37 heavy (non-hydrogen) atoms. The number of aromatic nitrogens is 2. The zero-order valence-electron chi connectivity index (χ0n) is 24.1. The average Bonchev–Trinajstić information content (AvgIpc) is 3.22. The monoisotopic (exact) mass is 569 g/mol. The Bertz CT molecular complexity index is 1070. The van der Waals surface area contributed by atoms with Crippen molar-refractivity contribution in [2.75, 3.05) is 0 Å². The topological polar surface area (TPSA) is 58.2 Å². The van der Waals surface area contributed by atoms with E-state index in [0.29, 0.717) is 11.3 Å². The SMILES string of the molecule is CC(C)(C)C(=O)C(Br)CC1CCCCC1.CC(C)(C)c1nc2cc(C#N)ccn2c1CC1CCCCC1. The van der Waals surface area contributed by atoms with Crippen molar-refractivity contribution in [3.05, 3.63) is 35.3 Å². The molecule has 2 fully saturated rings. The number of pyridine rings is 1. The molecule has 2 aliphatic rings. The fourth-order valence-corrected chi connectivity index (χ4v) is 7.13. The highest BCUT2D eigenvalue weighted by molar-refractivity contribution is 9.10. The van der Waals surface area contributed by atoms with Gasteiger partial charge in [0.15, 0.2) is 5.78 Å². The third-order valence-corrected chi connectivity index (χ3v) is 8.85. The molecule has 0 saturated heterocycles. The molecular weight excluding hydrogens is 522 g/mol. The molecule has 0 amide bonds. The Morgan fingerprint density at radius 3 is 2.11 bits per heavy atom. The van der Waals surface area contributed by atoms with E-state index in [4.69, 9.17) is 10.2 Å². The molecule has 0 aromatic carbocycles. The zero-order valence-corrected chi connectivity index (χ0v) is 25.7. The second-order valence-corrected chi connectivity index (χ2v) is 14.5. The predicted molar refractivity (Wildman–Crippen MR) is 157 cm³/mol. The average molecular weight is 571 g/mol. The highest BCUT2D eigenvalue weighted by atomic mass is 79.9. The summed E-state index contributed by atoms with van der Waals surface area (Å²) in [6.45, 7) is 12.7. The highest BCUT2D eigenvalue weighted by Gasteiger charge is 2.30. The zero-order chi connectivity index (χ0) is 27.2. The molecule has 204 valence electrons.